The Labute approximate surface area is 134 Å². The molecule has 0 heterocycles. The van der Waals surface area contributed by atoms with Crippen molar-refractivity contribution in [2.75, 3.05) is 0 Å². The van der Waals surface area contributed by atoms with Gasteiger partial charge in [-0.05, 0) is 64.6 Å². The summed E-state index contributed by atoms with van der Waals surface area (Å²) in [4.78, 5) is 24.6. The number of halogens is 3. The SMILES string of the molecule is O=C1C(Br)=C(Br)C(=O)c2c1cc1ccccc1c2Br. The number of hydrogen-bond acceptors (Lipinski definition) is 2. The zero-order valence-corrected chi connectivity index (χ0v) is 14.1. The van der Waals surface area contributed by atoms with Gasteiger partial charge in [-0.2, -0.15) is 0 Å². The highest BCUT2D eigenvalue weighted by Crippen LogP contribution is 2.39. The third-order valence-electron chi connectivity index (χ3n) is 3.05. The van der Waals surface area contributed by atoms with Crippen molar-refractivity contribution in [2.45, 2.75) is 0 Å². The highest BCUT2D eigenvalue weighted by Gasteiger charge is 2.32. The summed E-state index contributed by atoms with van der Waals surface area (Å²) in [5, 5.41) is 1.84. The van der Waals surface area contributed by atoms with Crippen LogP contribution in [0.1, 0.15) is 20.7 Å². The maximum absolute atomic E-state index is 12.3. The van der Waals surface area contributed by atoms with Crippen molar-refractivity contribution in [3.63, 3.8) is 0 Å². The molecule has 2 aromatic carbocycles. The third-order valence-corrected chi connectivity index (χ3v) is 5.92. The van der Waals surface area contributed by atoms with Crippen molar-refractivity contribution >= 4 is 70.1 Å². The van der Waals surface area contributed by atoms with Crippen LogP contribution >= 0.6 is 47.8 Å². The molecule has 0 aliphatic heterocycles. The van der Waals surface area contributed by atoms with E-state index >= 15 is 0 Å². The van der Waals surface area contributed by atoms with Crippen LogP contribution in [0.25, 0.3) is 10.8 Å². The molecule has 2 aromatic rings. The fraction of sp³-hybridized carbons (Fsp3) is 0. The van der Waals surface area contributed by atoms with Crippen LogP contribution in [0.3, 0.4) is 0 Å². The predicted octanol–water partition coefficient (Wildman–Crippen LogP) is 4.98. The summed E-state index contributed by atoms with van der Waals surface area (Å²) < 4.78 is 1.20. The second-order valence-electron chi connectivity index (χ2n) is 4.12. The molecule has 0 aromatic heterocycles. The Morgan fingerprint density at radius 2 is 1.47 bits per heavy atom. The number of ketones is 2. The van der Waals surface area contributed by atoms with Gasteiger partial charge < -0.3 is 0 Å². The topological polar surface area (TPSA) is 34.1 Å². The predicted molar refractivity (Wildman–Crippen MR) is 85.2 cm³/mol. The summed E-state index contributed by atoms with van der Waals surface area (Å²) in [7, 11) is 0. The van der Waals surface area contributed by atoms with Crippen molar-refractivity contribution in [3.05, 3.63) is 54.9 Å². The molecule has 0 unspecified atom stereocenters. The summed E-state index contributed by atoms with van der Waals surface area (Å²) in [6, 6.07) is 9.39. The number of rotatable bonds is 0. The van der Waals surface area contributed by atoms with Gasteiger partial charge in [0.15, 0.2) is 0 Å². The number of benzene rings is 2. The van der Waals surface area contributed by atoms with Gasteiger partial charge in [-0.15, -0.1) is 0 Å². The van der Waals surface area contributed by atoms with Gasteiger partial charge in [-0.3, -0.25) is 9.59 Å². The van der Waals surface area contributed by atoms with E-state index in [-0.39, 0.29) is 20.5 Å². The van der Waals surface area contributed by atoms with Crippen molar-refractivity contribution in [3.8, 4) is 0 Å². The number of fused-ring (bicyclic) bond motifs is 2. The summed E-state index contributed by atoms with van der Waals surface area (Å²) in [5.74, 6) is -0.382. The molecule has 0 fully saturated rings. The van der Waals surface area contributed by atoms with Crippen molar-refractivity contribution < 1.29 is 9.59 Å². The van der Waals surface area contributed by atoms with Gasteiger partial charge in [0.05, 0.1) is 8.96 Å². The first-order chi connectivity index (χ1) is 9.02. The van der Waals surface area contributed by atoms with Gasteiger partial charge in [0.1, 0.15) is 0 Å². The average Bonchev–Trinajstić information content (AvgIpc) is 2.43. The molecule has 1 aliphatic carbocycles. The molecule has 1 aliphatic rings. The lowest BCUT2D eigenvalue weighted by molar-refractivity contribution is 0.0989. The molecule has 19 heavy (non-hydrogen) atoms. The zero-order chi connectivity index (χ0) is 13.7. The van der Waals surface area contributed by atoms with Crippen LogP contribution in [0.4, 0.5) is 0 Å². The quantitative estimate of drug-likeness (QED) is 0.574. The Balaban J connectivity index is 2.46. The summed E-state index contributed by atoms with van der Waals surface area (Å²) >= 11 is 9.79. The van der Waals surface area contributed by atoms with Gasteiger partial charge >= 0.3 is 0 Å². The molecular formula is C14H5Br3O2. The minimum absolute atomic E-state index is 0.187. The van der Waals surface area contributed by atoms with Gasteiger partial charge in [-0.25, -0.2) is 0 Å². The van der Waals surface area contributed by atoms with Crippen molar-refractivity contribution in [1.82, 2.24) is 0 Å². The maximum Gasteiger partial charge on any atom is 0.203 e. The molecule has 0 amide bonds. The second-order valence-corrected chi connectivity index (χ2v) is 6.50. The number of Topliss-reactive ketones (excluding diaryl/α,β-unsaturated/α-hetero) is 2. The Kier molecular flexibility index (Phi) is 3.23. The Hall–Kier alpha value is -0.780. The molecule has 3 rings (SSSR count). The second kappa shape index (κ2) is 4.65. The van der Waals surface area contributed by atoms with Gasteiger partial charge in [0.25, 0.3) is 0 Å². The van der Waals surface area contributed by atoms with E-state index in [0.717, 1.165) is 10.8 Å². The first kappa shape index (κ1) is 13.2. The lowest BCUT2D eigenvalue weighted by Gasteiger charge is -2.17. The molecule has 0 saturated carbocycles. The monoisotopic (exact) mass is 442 g/mol. The summed E-state index contributed by atoms with van der Waals surface area (Å²) in [6.07, 6.45) is 0. The van der Waals surface area contributed by atoms with E-state index in [1.165, 1.54) is 0 Å². The highest BCUT2D eigenvalue weighted by atomic mass is 79.9. The molecule has 5 heteroatoms. The van der Waals surface area contributed by atoms with Crippen LogP contribution in [0.2, 0.25) is 0 Å². The van der Waals surface area contributed by atoms with E-state index in [9.17, 15) is 9.59 Å². The fourth-order valence-corrected chi connectivity index (χ4v) is 3.66. The number of carbonyl (C=O) groups excluding carboxylic acids is 2. The summed E-state index contributed by atoms with van der Waals surface area (Å²) in [6.45, 7) is 0. The molecule has 0 radical (unpaired) electrons. The molecule has 0 spiro atoms. The highest BCUT2D eigenvalue weighted by molar-refractivity contribution is 9.14. The van der Waals surface area contributed by atoms with Crippen molar-refractivity contribution in [1.29, 1.82) is 0 Å². The molecule has 2 nitrogen and oxygen atoms in total. The minimum Gasteiger partial charge on any atom is -0.288 e. The number of carbonyl (C=O) groups is 2. The lowest BCUT2D eigenvalue weighted by atomic mass is 9.91. The molecule has 0 bridgehead atoms. The number of allylic oxidation sites excluding steroid dienone is 2. The molecule has 0 atom stereocenters. The van der Waals surface area contributed by atoms with Gasteiger partial charge in [0.2, 0.25) is 11.6 Å². The van der Waals surface area contributed by atoms with E-state index in [1.54, 1.807) is 6.07 Å². The van der Waals surface area contributed by atoms with E-state index in [0.29, 0.717) is 15.6 Å². The van der Waals surface area contributed by atoms with Crippen LogP contribution in [-0.4, -0.2) is 11.6 Å². The van der Waals surface area contributed by atoms with E-state index < -0.39 is 0 Å². The smallest absolute Gasteiger partial charge is 0.203 e. The standard InChI is InChI=1S/C14H5Br3O2/c15-10-7-4-2-1-3-6(7)5-8-9(10)14(19)12(17)11(16)13(8)18/h1-5H. The normalized spacial score (nSPS) is 15.1. The molecular weight excluding hydrogens is 440 g/mol. The van der Waals surface area contributed by atoms with Crippen molar-refractivity contribution in [2.24, 2.45) is 0 Å². The van der Waals surface area contributed by atoms with Gasteiger partial charge in [0, 0.05) is 15.6 Å². The van der Waals surface area contributed by atoms with Crippen LogP contribution < -0.4 is 0 Å². The van der Waals surface area contributed by atoms with Gasteiger partial charge in [-0.1, -0.05) is 24.3 Å². The largest absolute Gasteiger partial charge is 0.288 e. The Bertz CT molecular complexity index is 791. The van der Waals surface area contributed by atoms with E-state index in [4.69, 9.17) is 0 Å². The van der Waals surface area contributed by atoms with Crippen LogP contribution in [0.15, 0.2) is 43.8 Å². The number of hydrogen-bond donors (Lipinski definition) is 0. The molecule has 94 valence electrons. The Morgan fingerprint density at radius 3 is 2.21 bits per heavy atom. The van der Waals surface area contributed by atoms with E-state index in [2.05, 4.69) is 47.8 Å². The molecule has 0 saturated heterocycles. The maximum atomic E-state index is 12.3. The lowest BCUT2D eigenvalue weighted by Crippen LogP contribution is -2.18. The third kappa shape index (κ3) is 1.87. The van der Waals surface area contributed by atoms with Crippen LogP contribution in [0, 0.1) is 0 Å². The summed E-state index contributed by atoms with van der Waals surface area (Å²) in [5.41, 5.74) is 0.837. The van der Waals surface area contributed by atoms with Crippen LogP contribution in [-0.2, 0) is 0 Å². The first-order valence-corrected chi connectivity index (χ1v) is 7.76. The zero-order valence-electron chi connectivity index (χ0n) is 9.34. The minimum atomic E-state index is -0.195. The average molecular weight is 445 g/mol. The Morgan fingerprint density at radius 1 is 0.842 bits per heavy atom. The molecule has 0 N–H and O–H groups in total. The first-order valence-electron chi connectivity index (χ1n) is 5.38. The van der Waals surface area contributed by atoms with E-state index in [1.807, 2.05) is 24.3 Å². The van der Waals surface area contributed by atoms with Crippen LogP contribution in [0.5, 0.6) is 0 Å². The fourth-order valence-electron chi connectivity index (χ4n) is 2.13.